The smallest absolute Gasteiger partial charge is 0.255 e. The molecule has 0 aliphatic rings. The van der Waals surface area contributed by atoms with Crippen molar-refractivity contribution in [1.82, 2.24) is 20.5 Å². The van der Waals surface area contributed by atoms with Crippen LogP contribution < -0.4 is 10.1 Å². The number of nitrogens with one attached hydrogen (secondary N) is 2. The lowest BCUT2D eigenvalue weighted by Gasteiger charge is -2.07. The minimum absolute atomic E-state index is 0.227. The number of H-pyrrole nitrogens is 1. The van der Waals surface area contributed by atoms with Gasteiger partial charge in [-0.05, 0) is 24.3 Å². The Kier molecular flexibility index (Phi) is 3.86. The number of hydrogen-bond donors (Lipinski definition) is 2. The second kappa shape index (κ2) is 6.13. The third-order valence-electron chi connectivity index (χ3n) is 3.04. The number of rotatable bonds is 5. The number of para-hydroxylation sites is 1. The zero-order chi connectivity index (χ0) is 15.4. The molecular formula is C15H14N4O3. The van der Waals surface area contributed by atoms with E-state index in [2.05, 4.69) is 20.5 Å². The van der Waals surface area contributed by atoms with Gasteiger partial charge in [0.1, 0.15) is 11.6 Å². The van der Waals surface area contributed by atoms with Crippen LogP contribution in [0.3, 0.4) is 0 Å². The molecule has 2 aromatic heterocycles. The van der Waals surface area contributed by atoms with Crippen LogP contribution in [0.4, 0.5) is 0 Å². The van der Waals surface area contributed by atoms with Gasteiger partial charge in [0.05, 0.1) is 25.5 Å². The highest BCUT2D eigenvalue weighted by Crippen LogP contribution is 2.17. The Morgan fingerprint density at radius 2 is 2.18 bits per heavy atom. The van der Waals surface area contributed by atoms with Gasteiger partial charge in [-0.2, -0.15) is 0 Å². The summed E-state index contributed by atoms with van der Waals surface area (Å²) in [5, 5.41) is 9.56. The van der Waals surface area contributed by atoms with Crippen molar-refractivity contribution in [2.75, 3.05) is 7.11 Å². The van der Waals surface area contributed by atoms with Crippen LogP contribution in [0.1, 0.15) is 16.2 Å². The Balaban J connectivity index is 1.66. The molecule has 1 amide bonds. The maximum Gasteiger partial charge on any atom is 0.255 e. The minimum atomic E-state index is -0.242. The van der Waals surface area contributed by atoms with Gasteiger partial charge in [0, 0.05) is 0 Å². The van der Waals surface area contributed by atoms with Gasteiger partial charge in [-0.3, -0.25) is 9.89 Å². The van der Waals surface area contributed by atoms with Crippen LogP contribution in [0.15, 0.2) is 47.1 Å². The third-order valence-corrected chi connectivity index (χ3v) is 3.04. The molecule has 0 radical (unpaired) electrons. The molecule has 0 fully saturated rings. The van der Waals surface area contributed by atoms with Gasteiger partial charge in [-0.1, -0.05) is 12.1 Å². The molecule has 2 N–H and O–H groups in total. The summed E-state index contributed by atoms with van der Waals surface area (Å²) in [6.45, 7) is 0.227. The molecule has 22 heavy (non-hydrogen) atoms. The second-order valence-electron chi connectivity index (χ2n) is 4.47. The number of benzene rings is 1. The van der Waals surface area contributed by atoms with Gasteiger partial charge in [0.25, 0.3) is 5.91 Å². The van der Waals surface area contributed by atoms with E-state index < -0.39 is 0 Å². The fourth-order valence-corrected chi connectivity index (χ4v) is 1.98. The van der Waals surface area contributed by atoms with Crippen molar-refractivity contribution in [3.63, 3.8) is 0 Å². The maximum absolute atomic E-state index is 12.2. The van der Waals surface area contributed by atoms with E-state index in [9.17, 15) is 4.79 Å². The van der Waals surface area contributed by atoms with E-state index >= 15 is 0 Å². The summed E-state index contributed by atoms with van der Waals surface area (Å²) in [5.74, 6) is 1.84. The average molecular weight is 298 g/mol. The van der Waals surface area contributed by atoms with E-state index in [0.717, 1.165) is 0 Å². The number of hydrogen-bond acceptors (Lipinski definition) is 5. The van der Waals surface area contributed by atoms with Crippen LogP contribution in [-0.4, -0.2) is 28.2 Å². The Hall–Kier alpha value is -3.09. The summed E-state index contributed by atoms with van der Waals surface area (Å²) < 4.78 is 10.4. The molecule has 0 aliphatic carbocycles. The number of nitrogens with zero attached hydrogens (tertiary/aromatic N) is 2. The number of aromatic amines is 1. The van der Waals surface area contributed by atoms with Crippen LogP contribution in [0, 0.1) is 0 Å². The minimum Gasteiger partial charge on any atom is -0.496 e. The molecule has 0 aliphatic heterocycles. The predicted molar refractivity (Wildman–Crippen MR) is 78.2 cm³/mol. The number of furan rings is 1. The van der Waals surface area contributed by atoms with E-state index in [1.165, 1.54) is 7.11 Å². The van der Waals surface area contributed by atoms with Gasteiger partial charge in [0.2, 0.25) is 5.82 Å². The Morgan fingerprint density at radius 1 is 1.32 bits per heavy atom. The summed E-state index contributed by atoms with van der Waals surface area (Å²) in [6, 6.07) is 10.5. The molecule has 1 aromatic carbocycles. The average Bonchev–Trinajstić information content (AvgIpc) is 3.23. The van der Waals surface area contributed by atoms with Crippen LogP contribution in [0.2, 0.25) is 0 Å². The summed E-state index contributed by atoms with van der Waals surface area (Å²) in [5.41, 5.74) is 0.468. The predicted octanol–water partition coefficient (Wildman–Crippen LogP) is 2.00. The lowest BCUT2D eigenvalue weighted by atomic mass is 10.2. The molecule has 0 bridgehead atoms. The molecule has 7 heteroatoms. The van der Waals surface area contributed by atoms with Crippen molar-refractivity contribution in [3.8, 4) is 17.3 Å². The second-order valence-corrected chi connectivity index (χ2v) is 4.47. The molecule has 112 valence electrons. The maximum atomic E-state index is 12.2. The fourth-order valence-electron chi connectivity index (χ4n) is 1.98. The molecule has 0 saturated heterocycles. The van der Waals surface area contributed by atoms with Gasteiger partial charge >= 0.3 is 0 Å². The SMILES string of the molecule is COc1ccccc1C(=O)NCc1nc(-c2ccco2)n[nH]1. The van der Waals surface area contributed by atoms with Gasteiger partial charge in [-0.25, -0.2) is 4.98 Å². The summed E-state index contributed by atoms with van der Waals surface area (Å²) in [4.78, 5) is 16.4. The van der Waals surface area contributed by atoms with Crippen molar-refractivity contribution >= 4 is 5.91 Å². The van der Waals surface area contributed by atoms with Crippen molar-refractivity contribution < 1.29 is 13.9 Å². The Morgan fingerprint density at radius 3 is 2.95 bits per heavy atom. The molecule has 3 rings (SSSR count). The molecular weight excluding hydrogens is 284 g/mol. The first-order chi connectivity index (χ1) is 10.8. The zero-order valence-corrected chi connectivity index (χ0v) is 11.9. The molecule has 3 aromatic rings. The number of carbonyl (C=O) groups is 1. The van der Waals surface area contributed by atoms with Gasteiger partial charge in [-0.15, -0.1) is 5.10 Å². The lowest BCUT2D eigenvalue weighted by Crippen LogP contribution is -2.23. The van der Waals surface area contributed by atoms with Crippen molar-refractivity contribution in [3.05, 3.63) is 54.0 Å². The van der Waals surface area contributed by atoms with E-state index in [1.807, 2.05) is 6.07 Å². The summed E-state index contributed by atoms with van der Waals surface area (Å²) >= 11 is 0. The molecule has 7 nitrogen and oxygen atoms in total. The first-order valence-electron chi connectivity index (χ1n) is 6.64. The number of carbonyl (C=O) groups excluding carboxylic acids is 1. The molecule has 0 spiro atoms. The van der Waals surface area contributed by atoms with Crippen LogP contribution >= 0.6 is 0 Å². The Bertz CT molecular complexity index is 765. The standard InChI is InChI=1S/C15H14N4O3/c1-21-11-6-3-2-5-10(11)15(20)16-9-13-17-14(19-18-13)12-7-4-8-22-12/h2-8H,9H2,1H3,(H,16,20)(H,17,18,19). The van der Waals surface area contributed by atoms with Crippen LogP contribution in [-0.2, 0) is 6.54 Å². The molecule has 0 unspecified atom stereocenters. The fraction of sp³-hybridized carbons (Fsp3) is 0.133. The summed E-state index contributed by atoms with van der Waals surface area (Å²) in [7, 11) is 1.53. The van der Waals surface area contributed by atoms with Gasteiger partial charge < -0.3 is 14.5 Å². The van der Waals surface area contributed by atoms with Crippen LogP contribution in [0.5, 0.6) is 5.75 Å². The third kappa shape index (κ3) is 2.83. The van der Waals surface area contributed by atoms with E-state index in [1.54, 1.807) is 36.6 Å². The summed E-state index contributed by atoms with van der Waals surface area (Å²) in [6.07, 6.45) is 1.55. The topological polar surface area (TPSA) is 93.0 Å². The number of methoxy groups -OCH3 is 1. The molecule has 0 atom stereocenters. The largest absolute Gasteiger partial charge is 0.496 e. The normalized spacial score (nSPS) is 10.4. The lowest BCUT2D eigenvalue weighted by molar-refractivity contribution is 0.0947. The molecule has 0 saturated carbocycles. The first kappa shape index (κ1) is 13.9. The zero-order valence-electron chi connectivity index (χ0n) is 11.9. The highest BCUT2D eigenvalue weighted by molar-refractivity contribution is 5.96. The highest BCUT2D eigenvalue weighted by Gasteiger charge is 2.13. The highest BCUT2D eigenvalue weighted by atomic mass is 16.5. The van der Waals surface area contributed by atoms with E-state index in [0.29, 0.717) is 28.7 Å². The van der Waals surface area contributed by atoms with Crippen molar-refractivity contribution in [1.29, 1.82) is 0 Å². The van der Waals surface area contributed by atoms with Crippen LogP contribution in [0.25, 0.3) is 11.6 Å². The monoisotopic (exact) mass is 298 g/mol. The van der Waals surface area contributed by atoms with E-state index in [-0.39, 0.29) is 12.5 Å². The van der Waals surface area contributed by atoms with E-state index in [4.69, 9.17) is 9.15 Å². The van der Waals surface area contributed by atoms with Crippen molar-refractivity contribution in [2.24, 2.45) is 0 Å². The number of aromatic nitrogens is 3. The molecule has 2 heterocycles. The quantitative estimate of drug-likeness (QED) is 0.751. The van der Waals surface area contributed by atoms with Gasteiger partial charge in [0.15, 0.2) is 5.76 Å². The Labute approximate surface area is 126 Å². The van der Waals surface area contributed by atoms with Crippen molar-refractivity contribution in [2.45, 2.75) is 6.54 Å². The number of amides is 1. The first-order valence-corrected chi connectivity index (χ1v) is 6.64. The number of ether oxygens (including phenoxy) is 1.